The second-order valence-corrected chi connectivity index (χ2v) is 5.52. The van der Waals surface area contributed by atoms with Crippen molar-refractivity contribution in [2.45, 2.75) is 53.3 Å². The zero-order valence-electron chi connectivity index (χ0n) is 9.41. The summed E-state index contributed by atoms with van der Waals surface area (Å²) in [5.74, 6) is 0.933. The first-order valence-electron chi connectivity index (χ1n) is 5.46. The molecule has 12 heavy (non-hydrogen) atoms. The third-order valence-corrected chi connectivity index (χ3v) is 4.14. The van der Waals surface area contributed by atoms with Crippen LogP contribution in [-0.2, 0) is 0 Å². The largest absolute Gasteiger partial charge is 0.102 e. The summed E-state index contributed by atoms with van der Waals surface area (Å²) in [4.78, 5) is 0. The third-order valence-electron chi connectivity index (χ3n) is 4.14. The molecule has 1 rings (SSSR count). The molecule has 0 spiro atoms. The highest BCUT2D eigenvalue weighted by Crippen LogP contribution is 2.56. The summed E-state index contributed by atoms with van der Waals surface area (Å²) >= 11 is 0. The van der Waals surface area contributed by atoms with E-state index in [9.17, 15) is 0 Å². The van der Waals surface area contributed by atoms with Gasteiger partial charge in [-0.1, -0.05) is 40.4 Å². The quantitative estimate of drug-likeness (QED) is 0.553. The summed E-state index contributed by atoms with van der Waals surface area (Å²) in [6.07, 6.45) is 5.60. The molecule has 0 aliphatic heterocycles. The molecule has 0 bridgehead atoms. The van der Waals surface area contributed by atoms with Gasteiger partial charge in [-0.15, -0.1) is 0 Å². The lowest BCUT2D eigenvalue weighted by atomic mass is 9.67. The first-order chi connectivity index (χ1) is 5.46. The van der Waals surface area contributed by atoms with E-state index in [-0.39, 0.29) is 0 Å². The molecular formula is C11H23B. The Bertz CT molecular complexity index is 156. The lowest BCUT2D eigenvalue weighted by Gasteiger charge is -2.32. The van der Waals surface area contributed by atoms with Crippen LogP contribution in [0.15, 0.2) is 0 Å². The first-order valence-corrected chi connectivity index (χ1v) is 5.46. The van der Waals surface area contributed by atoms with Crippen LogP contribution in [0.3, 0.4) is 0 Å². The van der Waals surface area contributed by atoms with Gasteiger partial charge in [0.1, 0.15) is 7.85 Å². The van der Waals surface area contributed by atoms with Gasteiger partial charge < -0.3 is 0 Å². The Labute approximate surface area is 78.5 Å². The maximum atomic E-state index is 2.45. The van der Waals surface area contributed by atoms with Gasteiger partial charge in [0, 0.05) is 0 Å². The molecular weight excluding hydrogens is 143 g/mol. The van der Waals surface area contributed by atoms with Crippen molar-refractivity contribution in [3.63, 3.8) is 0 Å². The van der Waals surface area contributed by atoms with Crippen molar-refractivity contribution in [3.8, 4) is 0 Å². The zero-order chi connectivity index (χ0) is 9.41. The number of hydrogen-bond acceptors (Lipinski definition) is 0. The van der Waals surface area contributed by atoms with Crippen molar-refractivity contribution in [1.29, 1.82) is 0 Å². The Balaban J connectivity index is 2.79. The normalized spacial score (nSPS) is 40.2. The second-order valence-electron chi connectivity index (χ2n) is 5.52. The van der Waals surface area contributed by atoms with Gasteiger partial charge in [0.05, 0.1) is 0 Å². The summed E-state index contributed by atoms with van der Waals surface area (Å²) in [6, 6.07) is 0. The van der Waals surface area contributed by atoms with E-state index in [0.717, 1.165) is 5.92 Å². The third kappa shape index (κ3) is 1.55. The SMILES string of the molecule is BCC1(CC)CC(C)(C)CC1C. The van der Waals surface area contributed by atoms with E-state index in [4.69, 9.17) is 0 Å². The predicted octanol–water partition coefficient (Wildman–Crippen LogP) is 2.89. The highest BCUT2D eigenvalue weighted by Gasteiger charge is 2.45. The molecule has 2 atom stereocenters. The van der Waals surface area contributed by atoms with Gasteiger partial charge >= 0.3 is 0 Å². The molecule has 1 saturated carbocycles. The molecule has 0 heterocycles. The van der Waals surface area contributed by atoms with E-state index in [1.54, 1.807) is 0 Å². The fourth-order valence-electron chi connectivity index (χ4n) is 3.44. The Morgan fingerprint density at radius 1 is 1.42 bits per heavy atom. The molecule has 70 valence electrons. The lowest BCUT2D eigenvalue weighted by Crippen LogP contribution is -2.22. The van der Waals surface area contributed by atoms with Crippen molar-refractivity contribution in [2.75, 3.05) is 0 Å². The van der Waals surface area contributed by atoms with Crippen LogP contribution >= 0.6 is 0 Å². The Morgan fingerprint density at radius 2 is 2.00 bits per heavy atom. The molecule has 1 aliphatic rings. The molecule has 0 radical (unpaired) electrons. The van der Waals surface area contributed by atoms with Gasteiger partial charge in [0.2, 0.25) is 0 Å². The summed E-state index contributed by atoms with van der Waals surface area (Å²) in [7, 11) is 2.36. The zero-order valence-corrected chi connectivity index (χ0v) is 9.41. The highest BCUT2D eigenvalue weighted by atomic mass is 14.5. The van der Waals surface area contributed by atoms with Gasteiger partial charge in [0.15, 0.2) is 0 Å². The summed E-state index contributed by atoms with van der Waals surface area (Å²) in [5.41, 5.74) is 1.27. The van der Waals surface area contributed by atoms with Crippen LogP contribution in [0.4, 0.5) is 0 Å². The molecule has 0 amide bonds. The molecule has 0 aromatic heterocycles. The minimum Gasteiger partial charge on any atom is -0.0753 e. The molecule has 2 unspecified atom stereocenters. The van der Waals surface area contributed by atoms with E-state index in [1.165, 1.54) is 25.6 Å². The minimum absolute atomic E-state index is 0.603. The number of hydrogen-bond donors (Lipinski definition) is 0. The average molecular weight is 166 g/mol. The summed E-state index contributed by atoms with van der Waals surface area (Å²) in [5, 5.41) is 0. The van der Waals surface area contributed by atoms with Gasteiger partial charge in [-0.25, -0.2) is 0 Å². The predicted molar refractivity (Wildman–Crippen MR) is 58.3 cm³/mol. The monoisotopic (exact) mass is 166 g/mol. The molecule has 0 nitrogen and oxygen atoms in total. The second kappa shape index (κ2) is 3.08. The van der Waals surface area contributed by atoms with Crippen LogP contribution in [0.25, 0.3) is 0 Å². The van der Waals surface area contributed by atoms with Crippen LogP contribution in [0.5, 0.6) is 0 Å². The molecule has 1 aliphatic carbocycles. The van der Waals surface area contributed by atoms with Gasteiger partial charge in [-0.05, 0) is 29.6 Å². The van der Waals surface area contributed by atoms with Crippen LogP contribution < -0.4 is 0 Å². The van der Waals surface area contributed by atoms with Crippen LogP contribution in [0.2, 0.25) is 6.32 Å². The Morgan fingerprint density at radius 3 is 2.17 bits per heavy atom. The first kappa shape index (κ1) is 10.1. The van der Waals surface area contributed by atoms with Crippen molar-refractivity contribution in [2.24, 2.45) is 16.7 Å². The molecule has 1 heteroatoms. The standard InChI is InChI=1S/C11H23B/c1-5-11(8-12)7-10(3,4)6-9(11)2/h9H,5-8,12H2,1-4H3. The highest BCUT2D eigenvalue weighted by molar-refractivity contribution is 6.09. The van der Waals surface area contributed by atoms with Crippen molar-refractivity contribution in [3.05, 3.63) is 0 Å². The molecule has 1 fully saturated rings. The van der Waals surface area contributed by atoms with Crippen LogP contribution in [-0.4, -0.2) is 7.85 Å². The van der Waals surface area contributed by atoms with Gasteiger partial charge in [-0.3, -0.25) is 0 Å². The lowest BCUT2D eigenvalue weighted by molar-refractivity contribution is 0.225. The van der Waals surface area contributed by atoms with E-state index in [1.807, 2.05) is 0 Å². The molecule has 0 aromatic carbocycles. The smallest absolute Gasteiger partial charge is 0.0753 e. The van der Waals surface area contributed by atoms with E-state index < -0.39 is 0 Å². The Hall–Kier alpha value is 0.0649. The number of rotatable bonds is 2. The average Bonchev–Trinajstić information content (AvgIpc) is 2.21. The van der Waals surface area contributed by atoms with Crippen molar-refractivity contribution in [1.82, 2.24) is 0 Å². The minimum atomic E-state index is 0.603. The maximum absolute atomic E-state index is 2.45. The van der Waals surface area contributed by atoms with Gasteiger partial charge in [-0.2, -0.15) is 0 Å². The van der Waals surface area contributed by atoms with E-state index in [0.29, 0.717) is 10.8 Å². The summed E-state index contributed by atoms with van der Waals surface area (Å²) in [6.45, 7) is 9.66. The molecule has 0 saturated heterocycles. The fraction of sp³-hybridized carbons (Fsp3) is 1.00. The topological polar surface area (TPSA) is 0 Å². The van der Waals surface area contributed by atoms with Gasteiger partial charge in [0.25, 0.3) is 0 Å². The van der Waals surface area contributed by atoms with Crippen LogP contribution in [0.1, 0.15) is 47.0 Å². The molecule has 0 aromatic rings. The van der Waals surface area contributed by atoms with E-state index in [2.05, 4.69) is 35.5 Å². The maximum Gasteiger partial charge on any atom is 0.102 e. The van der Waals surface area contributed by atoms with Crippen molar-refractivity contribution >= 4 is 7.85 Å². The Kier molecular flexibility index (Phi) is 2.61. The van der Waals surface area contributed by atoms with Crippen molar-refractivity contribution < 1.29 is 0 Å². The molecule has 0 N–H and O–H groups in total. The van der Waals surface area contributed by atoms with Crippen LogP contribution in [0, 0.1) is 16.7 Å². The summed E-state index contributed by atoms with van der Waals surface area (Å²) < 4.78 is 0. The fourth-order valence-corrected chi connectivity index (χ4v) is 3.44. The van der Waals surface area contributed by atoms with E-state index >= 15 is 0 Å².